The molecule has 1 aliphatic rings. The minimum Gasteiger partial charge on any atom is -0.378 e. The first-order valence-electron chi connectivity index (χ1n) is 10.6. The molecule has 3 rings (SSSR count). The van der Waals surface area contributed by atoms with Crippen molar-refractivity contribution in [3.05, 3.63) is 47.3 Å². The van der Waals surface area contributed by atoms with Crippen LogP contribution in [0, 0.1) is 6.92 Å². The van der Waals surface area contributed by atoms with Crippen molar-refractivity contribution in [2.75, 3.05) is 26.2 Å². The summed E-state index contributed by atoms with van der Waals surface area (Å²) in [6.07, 6.45) is 4.73. The van der Waals surface area contributed by atoms with Gasteiger partial charge in [0.2, 0.25) is 0 Å². The maximum absolute atomic E-state index is 13.3. The highest BCUT2D eigenvalue weighted by atomic mass is 16.5. The van der Waals surface area contributed by atoms with Gasteiger partial charge in [0.25, 0.3) is 5.91 Å². The molecule has 2 aromatic rings. The van der Waals surface area contributed by atoms with E-state index in [2.05, 4.69) is 39.8 Å². The second-order valence-electron chi connectivity index (χ2n) is 8.93. The van der Waals surface area contributed by atoms with Crippen LogP contribution >= 0.6 is 0 Å². The number of amides is 1. The Kier molecular flexibility index (Phi) is 6.75. The lowest BCUT2D eigenvalue weighted by atomic mass is 9.89. The smallest absolute Gasteiger partial charge is 0.257 e. The van der Waals surface area contributed by atoms with E-state index in [9.17, 15) is 4.79 Å². The van der Waals surface area contributed by atoms with Crippen molar-refractivity contribution < 1.29 is 9.53 Å². The average Bonchev–Trinajstić information content (AvgIpc) is 3.15. The van der Waals surface area contributed by atoms with E-state index in [0.29, 0.717) is 31.8 Å². The number of hydrogen-bond donors (Lipinski definition) is 1. The molecule has 0 spiro atoms. The number of aromatic nitrogens is 2. The number of likely N-dealkylation sites (tertiary alicyclic amines) is 1. The Hall–Kier alpha value is -2.18. The van der Waals surface area contributed by atoms with E-state index in [-0.39, 0.29) is 17.4 Å². The summed E-state index contributed by atoms with van der Waals surface area (Å²) < 4.78 is 7.70. The van der Waals surface area contributed by atoms with Crippen molar-refractivity contribution >= 4 is 5.91 Å². The molecule has 2 N–H and O–H groups in total. The Morgan fingerprint density at radius 2 is 1.86 bits per heavy atom. The number of nitrogens with two attached hydrogens (primary N) is 1. The summed E-state index contributed by atoms with van der Waals surface area (Å²) in [5.74, 6) is 0.0636. The molecular weight excluding hydrogens is 364 g/mol. The number of nitrogens with zero attached hydrogens (tertiary/aromatic N) is 3. The molecule has 6 heteroatoms. The molecule has 0 radical (unpaired) electrons. The molecule has 29 heavy (non-hydrogen) atoms. The molecule has 1 saturated heterocycles. The Balaban J connectivity index is 1.77. The average molecular weight is 399 g/mol. The van der Waals surface area contributed by atoms with Gasteiger partial charge < -0.3 is 15.4 Å². The molecular formula is C23H34N4O2. The first-order valence-corrected chi connectivity index (χ1v) is 10.6. The second kappa shape index (κ2) is 9.09. The van der Waals surface area contributed by atoms with Crippen LogP contribution in [0.15, 0.2) is 30.5 Å². The fourth-order valence-electron chi connectivity index (χ4n) is 3.64. The van der Waals surface area contributed by atoms with Crippen molar-refractivity contribution in [2.45, 2.75) is 58.5 Å². The molecule has 0 aliphatic carbocycles. The molecule has 0 atom stereocenters. The topological polar surface area (TPSA) is 73.4 Å². The molecule has 6 nitrogen and oxygen atoms in total. The van der Waals surface area contributed by atoms with Crippen molar-refractivity contribution in [3.63, 3.8) is 0 Å². The molecule has 0 unspecified atom stereocenters. The van der Waals surface area contributed by atoms with Crippen molar-refractivity contribution in [2.24, 2.45) is 5.73 Å². The fraction of sp³-hybridized carbons (Fsp3) is 0.565. The van der Waals surface area contributed by atoms with Gasteiger partial charge in [-0.25, -0.2) is 4.68 Å². The van der Waals surface area contributed by atoms with Gasteiger partial charge in [0.05, 0.1) is 23.0 Å². The highest BCUT2D eigenvalue weighted by molar-refractivity contribution is 5.95. The number of aryl methyl sites for hydroxylation is 1. The lowest BCUT2D eigenvalue weighted by Crippen LogP contribution is -2.41. The maximum Gasteiger partial charge on any atom is 0.257 e. The number of piperidine rings is 1. The van der Waals surface area contributed by atoms with Crippen LogP contribution in [-0.2, 0) is 10.2 Å². The van der Waals surface area contributed by atoms with Gasteiger partial charge in [-0.3, -0.25) is 4.79 Å². The van der Waals surface area contributed by atoms with Gasteiger partial charge in [0.15, 0.2) is 0 Å². The molecule has 0 bridgehead atoms. The fourth-order valence-corrected chi connectivity index (χ4v) is 3.64. The molecule has 2 heterocycles. The van der Waals surface area contributed by atoms with Crippen LogP contribution in [0.5, 0.6) is 0 Å². The predicted molar refractivity (Wildman–Crippen MR) is 116 cm³/mol. The van der Waals surface area contributed by atoms with Gasteiger partial charge in [-0.05, 0) is 44.9 Å². The van der Waals surface area contributed by atoms with Gasteiger partial charge >= 0.3 is 0 Å². The lowest BCUT2D eigenvalue weighted by molar-refractivity contribution is 0.00838. The summed E-state index contributed by atoms with van der Waals surface area (Å²) in [7, 11) is 0. The third-order valence-electron chi connectivity index (χ3n) is 5.38. The van der Waals surface area contributed by atoms with E-state index in [1.54, 1.807) is 0 Å². The van der Waals surface area contributed by atoms with Crippen LogP contribution in [0.2, 0.25) is 0 Å². The third kappa shape index (κ3) is 5.25. The number of benzene rings is 1. The maximum atomic E-state index is 13.3. The Morgan fingerprint density at radius 3 is 2.45 bits per heavy atom. The SMILES string of the molecule is Cc1ccc(-n2cc(C(=O)N3CCC(OCCCN)CC3)c(C(C)(C)C)n2)cc1. The summed E-state index contributed by atoms with van der Waals surface area (Å²) in [5, 5.41) is 4.79. The van der Waals surface area contributed by atoms with Gasteiger partial charge in [-0.1, -0.05) is 38.5 Å². The summed E-state index contributed by atoms with van der Waals surface area (Å²) in [6, 6.07) is 8.19. The molecule has 1 amide bonds. The standard InChI is InChI=1S/C23H34N4O2/c1-17-6-8-18(9-7-17)27-16-20(21(25-27)23(2,3)4)22(28)26-13-10-19(11-14-26)29-15-5-12-24/h6-9,16,19H,5,10-15,24H2,1-4H3. The largest absolute Gasteiger partial charge is 0.378 e. The van der Waals surface area contributed by atoms with E-state index < -0.39 is 0 Å². The van der Waals surface area contributed by atoms with Crippen molar-refractivity contribution in [3.8, 4) is 5.69 Å². The van der Waals surface area contributed by atoms with Crippen LogP contribution in [-0.4, -0.2) is 52.9 Å². The molecule has 1 aliphatic heterocycles. The highest BCUT2D eigenvalue weighted by Gasteiger charge is 2.31. The van der Waals surface area contributed by atoms with E-state index in [1.807, 2.05) is 27.9 Å². The van der Waals surface area contributed by atoms with Gasteiger partial charge in [-0.15, -0.1) is 0 Å². The number of carbonyl (C=O) groups excluding carboxylic acids is 1. The lowest BCUT2D eigenvalue weighted by Gasteiger charge is -2.32. The zero-order valence-electron chi connectivity index (χ0n) is 18.1. The quantitative estimate of drug-likeness (QED) is 0.757. The molecule has 1 fully saturated rings. The Labute approximate surface area is 174 Å². The van der Waals surface area contributed by atoms with Crippen LogP contribution in [0.4, 0.5) is 0 Å². The first kappa shape index (κ1) is 21.5. The third-order valence-corrected chi connectivity index (χ3v) is 5.38. The van der Waals surface area contributed by atoms with Crippen LogP contribution in [0.1, 0.15) is 61.6 Å². The van der Waals surface area contributed by atoms with E-state index >= 15 is 0 Å². The van der Waals surface area contributed by atoms with Crippen LogP contribution < -0.4 is 5.73 Å². The number of carbonyl (C=O) groups is 1. The highest BCUT2D eigenvalue weighted by Crippen LogP contribution is 2.28. The second-order valence-corrected chi connectivity index (χ2v) is 8.93. The van der Waals surface area contributed by atoms with Crippen LogP contribution in [0.3, 0.4) is 0 Å². The Bertz CT molecular complexity index is 812. The van der Waals surface area contributed by atoms with Gasteiger partial charge in [0, 0.05) is 31.3 Å². The van der Waals surface area contributed by atoms with Gasteiger partial charge in [-0.2, -0.15) is 5.10 Å². The molecule has 158 valence electrons. The van der Waals surface area contributed by atoms with E-state index in [1.165, 1.54) is 5.56 Å². The summed E-state index contributed by atoms with van der Waals surface area (Å²) in [6.45, 7) is 11.1. The summed E-state index contributed by atoms with van der Waals surface area (Å²) in [5.41, 5.74) is 9.01. The van der Waals surface area contributed by atoms with Crippen molar-refractivity contribution in [1.29, 1.82) is 0 Å². The van der Waals surface area contributed by atoms with E-state index in [4.69, 9.17) is 15.6 Å². The molecule has 1 aromatic carbocycles. The Morgan fingerprint density at radius 1 is 1.21 bits per heavy atom. The van der Waals surface area contributed by atoms with Gasteiger partial charge in [0.1, 0.15) is 0 Å². The number of rotatable bonds is 6. The minimum atomic E-state index is -0.218. The zero-order chi connectivity index (χ0) is 21.0. The number of hydrogen-bond acceptors (Lipinski definition) is 4. The predicted octanol–water partition coefficient (Wildman–Crippen LogP) is 3.45. The zero-order valence-corrected chi connectivity index (χ0v) is 18.1. The normalized spacial score (nSPS) is 15.7. The van der Waals surface area contributed by atoms with E-state index in [0.717, 1.165) is 30.6 Å². The monoisotopic (exact) mass is 398 g/mol. The van der Waals surface area contributed by atoms with Crippen LogP contribution in [0.25, 0.3) is 5.69 Å². The number of ether oxygens (including phenoxy) is 1. The first-order chi connectivity index (χ1) is 13.8. The minimum absolute atomic E-state index is 0.0636. The summed E-state index contributed by atoms with van der Waals surface area (Å²) >= 11 is 0. The molecule has 1 aromatic heterocycles. The molecule has 0 saturated carbocycles. The summed E-state index contributed by atoms with van der Waals surface area (Å²) in [4.78, 5) is 15.3. The van der Waals surface area contributed by atoms with Crippen molar-refractivity contribution in [1.82, 2.24) is 14.7 Å².